The number of aryl methyl sites for hydroxylation is 1. The Balaban J connectivity index is 1.97. The van der Waals surface area contributed by atoms with Gasteiger partial charge < -0.3 is 5.32 Å². The van der Waals surface area contributed by atoms with E-state index in [0.717, 1.165) is 17.7 Å². The van der Waals surface area contributed by atoms with Crippen molar-refractivity contribution in [1.82, 2.24) is 0 Å². The quantitative estimate of drug-likeness (QED) is 0.801. The summed E-state index contributed by atoms with van der Waals surface area (Å²) in [6.07, 6.45) is -3.57. The molecule has 0 saturated carbocycles. The number of nitrogens with one attached hydrogen (secondary N) is 1. The van der Waals surface area contributed by atoms with E-state index in [4.69, 9.17) is 0 Å². The Morgan fingerprint density at radius 3 is 2.36 bits per heavy atom. The Morgan fingerprint density at radius 2 is 1.77 bits per heavy atom. The highest BCUT2D eigenvalue weighted by molar-refractivity contribution is 9.10. The van der Waals surface area contributed by atoms with Crippen LogP contribution in [0.2, 0.25) is 0 Å². The van der Waals surface area contributed by atoms with E-state index in [1.807, 2.05) is 30.3 Å². The minimum absolute atomic E-state index is 0.204. The number of hydrogen-bond donors (Lipinski definition) is 1. The van der Waals surface area contributed by atoms with Crippen molar-refractivity contribution in [2.75, 3.05) is 5.32 Å². The highest BCUT2D eigenvalue weighted by atomic mass is 79.9. The Kier molecular flexibility index (Phi) is 5.24. The molecule has 0 heterocycles. The molecule has 0 bridgehead atoms. The van der Waals surface area contributed by atoms with Gasteiger partial charge in [-0.3, -0.25) is 4.79 Å². The number of alkyl halides is 3. The molecule has 2 aromatic rings. The second-order valence-corrected chi connectivity index (χ2v) is 5.58. The first kappa shape index (κ1) is 16.5. The van der Waals surface area contributed by atoms with Crippen LogP contribution in [0.5, 0.6) is 0 Å². The van der Waals surface area contributed by atoms with Crippen LogP contribution in [0.1, 0.15) is 17.5 Å². The Morgan fingerprint density at radius 1 is 1.09 bits per heavy atom. The summed E-state index contributed by atoms with van der Waals surface area (Å²) in [6.45, 7) is 0. The van der Waals surface area contributed by atoms with E-state index in [2.05, 4.69) is 21.2 Å². The predicted octanol–water partition coefficient (Wildman–Crippen LogP) is 5.04. The smallest absolute Gasteiger partial charge is 0.325 e. The first-order valence-electron chi connectivity index (χ1n) is 6.57. The third-order valence-corrected chi connectivity index (χ3v) is 3.71. The lowest BCUT2D eigenvalue weighted by Gasteiger charge is -2.11. The van der Waals surface area contributed by atoms with Crippen molar-refractivity contribution < 1.29 is 18.0 Å². The summed E-state index contributed by atoms with van der Waals surface area (Å²) in [6, 6.07) is 12.6. The minimum atomic E-state index is -4.40. The molecule has 116 valence electrons. The van der Waals surface area contributed by atoms with Gasteiger partial charge in [0.25, 0.3) is 0 Å². The highest BCUT2D eigenvalue weighted by Crippen LogP contribution is 2.33. The first-order chi connectivity index (χ1) is 10.4. The van der Waals surface area contributed by atoms with Gasteiger partial charge in [-0.25, -0.2) is 0 Å². The lowest BCUT2D eigenvalue weighted by atomic mass is 10.1. The molecule has 0 radical (unpaired) electrons. The number of hydrogen-bond acceptors (Lipinski definition) is 1. The van der Waals surface area contributed by atoms with Crippen LogP contribution in [0.4, 0.5) is 18.9 Å². The van der Waals surface area contributed by atoms with E-state index in [0.29, 0.717) is 12.1 Å². The van der Waals surface area contributed by atoms with Crippen LogP contribution >= 0.6 is 15.9 Å². The highest BCUT2D eigenvalue weighted by Gasteiger charge is 2.30. The molecule has 0 aliphatic rings. The Labute approximate surface area is 134 Å². The molecule has 2 rings (SSSR count). The number of amides is 1. The summed E-state index contributed by atoms with van der Waals surface area (Å²) >= 11 is 3.05. The molecule has 0 aliphatic carbocycles. The maximum absolute atomic E-state index is 12.6. The molecule has 0 saturated heterocycles. The zero-order valence-electron chi connectivity index (χ0n) is 11.5. The maximum Gasteiger partial charge on any atom is 0.416 e. The number of halogens is 4. The van der Waals surface area contributed by atoms with Crippen LogP contribution in [-0.2, 0) is 17.4 Å². The van der Waals surface area contributed by atoms with E-state index >= 15 is 0 Å². The summed E-state index contributed by atoms with van der Waals surface area (Å²) in [5.74, 6) is -0.246. The molecule has 1 N–H and O–H groups in total. The van der Waals surface area contributed by atoms with Gasteiger partial charge in [-0.15, -0.1) is 0 Å². The normalized spacial score (nSPS) is 11.3. The van der Waals surface area contributed by atoms with Gasteiger partial charge >= 0.3 is 6.18 Å². The zero-order valence-corrected chi connectivity index (χ0v) is 13.0. The molecule has 0 unspecified atom stereocenters. The van der Waals surface area contributed by atoms with Gasteiger partial charge in [0.2, 0.25) is 5.91 Å². The van der Waals surface area contributed by atoms with Crippen molar-refractivity contribution in [2.24, 2.45) is 0 Å². The summed E-state index contributed by atoms with van der Waals surface area (Å²) in [5, 5.41) is 2.61. The molecule has 6 heteroatoms. The molecule has 0 fully saturated rings. The van der Waals surface area contributed by atoms with Gasteiger partial charge in [0.05, 0.1) is 11.3 Å². The standard InChI is InChI=1S/C16H13BrF3NO/c17-13-10-12(16(18,19)20)7-8-14(13)21-15(22)9-6-11-4-2-1-3-5-11/h1-5,7-8,10H,6,9H2,(H,21,22). The van der Waals surface area contributed by atoms with Crippen molar-refractivity contribution in [2.45, 2.75) is 19.0 Å². The largest absolute Gasteiger partial charge is 0.416 e. The SMILES string of the molecule is O=C(CCc1ccccc1)Nc1ccc(C(F)(F)F)cc1Br. The summed E-state index contributed by atoms with van der Waals surface area (Å²) in [5.41, 5.74) is 0.594. The monoisotopic (exact) mass is 371 g/mol. The first-order valence-corrected chi connectivity index (χ1v) is 7.36. The number of anilines is 1. The molecule has 0 aromatic heterocycles. The molecule has 0 atom stereocenters. The third-order valence-electron chi connectivity index (χ3n) is 3.05. The second-order valence-electron chi connectivity index (χ2n) is 4.73. The number of rotatable bonds is 4. The summed E-state index contributed by atoms with van der Waals surface area (Å²) in [4.78, 5) is 11.9. The lowest BCUT2D eigenvalue weighted by molar-refractivity contribution is -0.137. The van der Waals surface area contributed by atoms with Crippen molar-refractivity contribution in [3.63, 3.8) is 0 Å². The van der Waals surface area contributed by atoms with Crippen LogP contribution in [-0.4, -0.2) is 5.91 Å². The van der Waals surface area contributed by atoms with Gasteiger partial charge in [-0.1, -0.05) is 30.3 Å². The van der Waals surface area contributed by atoms with E-state index in [9.17, 15) is 18.0 Å². The minimum Gasteiger partial charge on any atom is -0.325 e. The Hall–Kier alpha value is -1.82. The molecule has 0 aliphatic heterocycles. The van der Waals surface area contributed by atoms with Gasteiger partial charge in [-0.05, 0) is 46.1 Å². The number of carbonyl (C=O) groups is 1. The number of benzene rings is 2. The molecule has 1 amide bonds. The molecule has 2 aromatic carbocycles. The van der Waals surface area contributed by atoms with Crippen LogP contribution in [0, 0.1) is 0 Å². The van der Waals surface area contributed by atoms with E-state index in [1.165, 1.54) is 6.07 Å². The Bertz CT molecular complexity index is 656. The topological polar surface area (TPSA) is 29.1 Å². The van der Waals surface area contributed by atoms with Crippen molar-refractivity contribution >= 4 is 27.5 Å². The van der Waals surface area contributed by atoms with Crippen molar-refractivity contribution in [1.29, 1.82) is 0 Å². The maximum atomic E-state index is 12.6. The molecule has 0 spiro atoms. The van der Waals surface area contributed by atoms with Crippen molar-refractivity contribution in [3.8, 4) is 0 Å². The summed E-state index contributed by atoms with van der Waals surface area (Å²) < 4.78 is 37.9. The second kappa shape index (κ2) is 6.96. The molecule has 22 heavy (non-hydrogen) atoms. The fourth-order valence-corrected chi connectivity index (χ4v) is 2.39. The van der Waals surface area contributed by atoms with Gasteiger partial charge in [0, 0.05) is 10.9 Å². The average molecular weight is 372 g/mol. The van der Waals surface area contributed by atoms with E-state index < -0.39 is 11.7 Å². The van der Waals surface area contributed by atoms with Gasteiger partial charge in [-0.2, -0.15) is 13.2 Å². The van der Waals surface area contributed by atoms with Crippen molar-refractivity contribution in [3.05, 3.63) is 64.1 Å². The molecular formula is C16H13BrF3NO. The predicted molar refractivity (Wildman–Crippen MR) is 82.5 cm³/mol. The van der Waals surface area contributed by atoms with Crippen LogP contribution < -0.4 is 5.32 Å². The lowest BCUT2D eigenvalue weighted by Crippen LogP contribution is -2.13. The van der Waals surface area contributed by atoms with Crippen LogP contribution in [0.25, 0.3) is 0 Å². The molecule has 2 nitrogen and oxygen atoms in total. The summed E-state index contributed by atoms with van der Waals surface area (Å²) in [7, 11) is 0. The fraction of sp³-hybridized carbons (Fsp3) is 0.188. The molecular weight excluding hydrogens is 359 g/mol. The zero-order chi connectivity index (χ0) is 16.2. The van der Waals surface area contributed by atoms with Crippen LogP contribution in [0.15, 0.2) is 53.0 Å². The third kappa shape index (κ3) is 4.59. The fourth-order valence-electron chi connectivity index (χ4n) is 1.91. The average Bonchev–Trinajstić information content (AvgIpc) is 2.47. The number of carbonyl (C=O) groups excluding carboxylic acids is 1. The van der Waals surface area contributed by atoms with Gasteiger partial charge in [0.15, 0.2) is 0 Å². The van der Waals surface area contributed by atoms with Gasteiger partial charge in [0.1, 0.15) is 0 Å². The van der Waals surface area contributed by atoms with E-state index in [1.54, 1.807) is 0 Å². The van der Waals surface area contributed by atoms with E-state index in [-0.39, 0.29) is 16.8 Å². The van der Waals surface area contributed by atoms with Crippen LogP contribution in [0.3, 0.4) is 0 Å².